The summed E-state index contributed by atoms with van der Waals surface area (Å²) in [5.41, 5.74) is 2.34. The SMILES string of the molecule is COC(=O)c1cc(C2OC(C)C2(C)C)ccc1OCCOc1ccc(C2OC(C)C2(C)C)cc1C(=O)OC. The van der Waals surface area contributed by atoms with Gasteiger partial charge in [-0.05, 0) is 49.2 Å². The third-order valence-electron chi connectivity index (χ3n) is 8.15. The highest BCUT2D eigenvalue weighted by Crippen LogP contribution is 2.52. The summed E-state index contributed by atoms with van der Waals surface area (Å²) < 4.78 is 33.6. The van der Waals surface area contributed by atoms with Crippen LogP contribution in [0.3, 0.4) is 0 Å². The molecule has 2 heterocycles. The summed E-state index contributed by atoms with van der Waals surface area (Å²) in [7, 11) is 2.67. The highest BCUT2D eigenvalue weighted by atomic mass is 16.5. The van der Waals surface area contributed by atoms with Gasteiger partial charge in [0.1, 0.15) is 35.8 Å². The third-order valence-corrected chi connectivity index (χ3v) is 8.15. The number of carbonyl (C=O) groups excluding carboxylic acids is 2. The molecule has 2 aliphatic heterocycles. The Kier molecular flexibility index (Phi) is 7.77. The maximum absolute atomic E-state index is 12.5. The number of rotatable bonds is 9. The summed E-state index contributed by atoms with van der Waals surface area (Å²) in [5, 5.41) is 0. The van der Waals surface area contributed by atoms with Crippen LogP contribution in [0.5, 0.6) is 11.5 Å². The summed E-state index contributed by atoms with van der Waals surface area (Å²) >= 11 is 0. The van der Waals surface area contributed by atoms with Crippen LogP contribution in [0.25, 0.3) is 0 Å². The Morgan fingerprint density at radius 1 is 0.711 bits per heavy atom. The number of carbonyl (C=O) groups is 2. The number of hydrogen-bond donors (Lipinski definition) is 0. The quantitative estimate of drug-likeness (QED) is 0.304. The minimum absolute atomic E-state index is 0.0464. The molecule has 4 unspecified atom stereocenters. The van der Waals surface area contributed by atoms with Crippen LogP contribution >= 0.6 is 0 Å². The van der Waals surface area contributed by atoms with Crippen molar-refractivity contribution in [2.24, 2.45) is 10.8 Å². The first-order valence-electron chi connectivity index (χ1n) is 12.9. The number of esters is 2. The third kappa shape index (κ3) is 4.99. The van der Waals surface area contributed by atoms with Gasteiger partial charge in [0, 0.05) is 10.8 Å². The van der Waals surface area contributed by atoms with Crippen molar-refractivity contribution >= 4 is 11.9 Å². The molecule has 2 fully saturated rings. The highest BCUT2D eigenvalue weighted by molar-refractivity contribution is 5.93. The van der Waals surface area contributed by atoms with E-state index >= 15 is 0 Å². The fraction of sp³-hybridized carbons (Fsp3) is 0.533. The predicted molar refractivity (Wildman–Crippen MR) is 141 cm³/mol. The van der Waals surface area contributed by atoms with Gasteiger partial charge in [-0.1, -0.05) is 39.8 Å². The molecule has 4 atom stereocenters. The minimum Gasteiger partial charge on any atom is -0.489 e. The molecule has 0 bridgehead atoms. The van der Waals surface area contributed by atoms with Crippen molar-refractivity contribution in [3.8, 4) is 11.5 Å². The summed E-state index contributed by atoms with van der Waals surface area (Å²) in [6, 6.07) is 10.8. The van der Waals surface area contributed by atoms with E-state index in [1.165, 1.54) is 14.2 Å². The molecule has 38 heavy (non-hydrogen) atoms. The summed E-state index contributed by atoms with van der Waals surface area (Å²) in [6.45, 7) is 12.9. The number of ether oxygens (including phenoxy) is 6. The van der Waals surface area contributed by atoms with Gasteiger partial charge in [-0.25, -0.2) is 9.59 Å². The first kappa shape index (κ1) is 27.9. The van der Waals surface area contributed by atoms with E-state index in [-0.39, 0.29) is 48.5 Å². The zero-order chi connectivity index (χ0) is 27.8. The van der Waals surface area contributed by atoms with Crippen molar-refractivity contribution in [2.45, 2.75) is 66.0 Å². The fourth-order valence-corrected chi connectivity index (χ4v) is 4.92. The molecule has 0 radical (unpaired) electrons. The van der Waals surface area contributed by atoms with Crippen LogP contribution in [0, 0.1) is 10.8 Å². The molecule has 0 saturated carbocycles. The summed E-state index contributed by atoms with van der Waals surface area (Å²) in [6.07, 6.45) is 0.0269. The molecule has 0 amide bonds. The molecule has 0 N–H and O–H groups in total. The van der Waals surface area contributed by atoms with E-state index in [1.54, 1.807) is 24.3 Å². The van der Waals surface area contributed by atoms with Crippen LogP contribution in [-0.2, 0) is 18.9 Å². The monoisotopic (exact) mass is 526 g/mol. The van der Waals surface area contributed by atoms with Gasteiger partial charge in [0.25, 0.3) is 0 Å². The lowest BCUT2D eigenvalue weighted by atomic mass is 9.73. The zero-order valence-electron chi connectivity index (χ0n) is 23.5. The van der Waals surface area contributed by atoms with Gasteiger partial charge in [0.2, 0.25) is 0 Å². The Morgan fingerprint density at radius 2 is 1.08 bits per heavy atom. The van der Waals surface area contributed by atoms with Crippen LogP contribution in [0.2, 0.25) is 0 Å². The average molecular weight is 527 g/mol. The number of methoxy groups -OCH3 is 2. The van der Waals surface area contributed by atoms with Crippen molar-refractivity contribution in [1.82, 2.24) is 0 Å². The second-order valence-electron chi connectivity index (χ2n) is 11.2. The lowest BCUT2D eigenvalue weighted by Gasteiger charge is -2.50. The second kappa shape index (κ2) is 10.6. The average Bonchev–Trinajstić information content (AvgIpc) is 2.91. The minimum atomic E-state index is -0.494. The van der Waals surface area contributed by atoms with Gasteiger partial charge >= 0.3 is 11.9 Å². The molecule has 2 aromatic rings. The zero-order valence-corrected chi connectivity index (χ0v) is 23.5. The van der Waals surface area contributed by atoms with Gasteiger partial charge in [0.05, 0.1) is 38.6 Å². The maximum atomic E-state index is 12.5. The van der Waals surface area contributed by atoms with E-state index in [9.17, 15) is 9.59 Å². The lowest BCUT2D eigenvalue weighted by Crippen LogP contribution is -2.48. The van der Waals surface area contributed by atoms with Gasteiger partial charge in [-0.2, -0.15) is 0 Å². The molecule has 0 aliphatic carbocycles. The molecule has 2 aliphatic rings. The molecule has 0 spiro atoms. The number of benzene rings is 2. The molecule has 8 nitrogen and oxygen atoms in total. The van der Waals surface area contributed by atoms with Crippen molar-refractivity contribution in [3.05, 3.63) is 58.7 Å². The van der Waals surface area contributed by atoms with Crippen LogP contribution in [0.4, 0.5) is 0 Å². The van der Waals surface area contributed by atoms with E-state index in [0.717, 1.165) is 11.1 Å². The van der Waals surface area contributed by atoms with Crippen LogP contribution in [0.1, 0.15) is 85.6 Å². The van der Waals surface area contributed by atoms with Crippen molar-refractivity contribution in [2.75, 3.05) is 27.4 Å². The fourth-order valence-electron chi connectivity index (χ4n) is 4.92. The van der Waals surface area contributed by atoms with E-state index < -0.39 is 11.9 Å². The van der Waals surface area contributed by atoms with Gasteiger partial charge < -0.3 is 28.4 Å². The maximum Gasteiger partial charge on any atom is 0.341 e. The standard InChI is InChI=1S/C30H38O8/c1-17-29(3,4)25(37-17)19-9-11-23(21(15-19)27(31)33-7)35-13-14-36-24-12-10-20(16-22(24)28(32)34-8)26-30(5,6)18(2)38-26/h9-12,15-18,25-26H,13-14H2,1-8H3. The molecular weight excluding hydrogens is 488 g/mol. The van der Waals surface area contributed by atoms with Gasteiger partial charge in [0.15, 0.2) is 0 Å². The van der Waals surface area contributed by atoms with Crippen LogP contribution < -0.4 is 9.47 Å². The van der Waals surface area contributed by atoms with E-state index in [1.807, 2.05) is 26.0 Å². The van der Waals surface area contributed by atoms with Crippen molar-refractivity contribution in [3.63, 3.8) is 0 Å². The Balaban J connectivity index is 1.44. The molecule has 4 rings (SSSR count). The normalized spacial score (nSPS) is 24.9. The summed E-state index contributed by atoms with van der Waals surface area (Å²) in [4.78, 5) is 25.0. The van der Waals surface area contributed by atoms with E-state index in [2.05, 4.69) is 27.7 Å². The Hall–Kier alpha value is -3.10. The first-order chi connectivity index (χ1) is 17.9. The Labute approximate surface area is 224 Å². The van der Waals surface area contributed by atoms with E-state index in [0.29, 0.717) is 22.6 Å². The van der Waals surface area contributed by atoms with Crippen molar-refractivity contribution in [1.29, 1.82) is 0 Å². The molecule has 2 saturated heterocycles. The molecule has 0 aromatic heterocycles. The van der Waals surface area contributed by atoms with Crippen LogP contribution in [0.15, 0.2) is 36.4 Å². The first-order valence-corrected chi connectivity index (χ1v) is 12.9. The number of hydrogen-bond acceptors (Lipinski definition) is 8. The summed E-state index contributed by atoms with van der Waals surface area (Å²) in [5.74, 6) is -0.216. The predicted octanol–water partition coefficient (Wildman–Crippen LogP) is 5.69. The van der Waals surface area contributed by atoms with Gasteiger partial charge in [-0.15, -0.1) is 0 Å². The second-order valence-corrected chi connectivity index (χ2v) is 11.2. The topological polar surface area (TPSA) is 89.5 Å². The van der Waals surface area contributed by atoms with Crippen LogP contribution in [-0.4, -0.2) is 51.6 Å². The smallest absolute Gasteiger partial charge is 0.341 e. The molecule has 2 aromatic carbocycles. The van der Waals surface area contributed by atoms with Crippen molar-refractivity contribution < 1.29 is 38.0 Å². The highest BCUT2D eigenvalue weighted by Gasteiger charge is 2.49. The molecular formula is C30H38O8. The largest absolute Gasteiger partial charge is 0.489 e. The van der Waals surface area contributed by atoms with Gasteiger partial charge in [-0.3, -0.25) is 0 Å². The molecule has 8 heteroatoms. The Bertz CT molecular complexity index is 1110. The van der Waals surface area contributed by atoms with E-state index in [4.69, 9.17) is 28.4 Å². The molecule has 206 valence electrons. The lowest BCUT2D eigenvalue weighted by molar-refractivity contribution is -0.230. The Morgan fingerprint density at radius 3 is 1.37 bits per heavy atom.